The van der Waals surface area contributed by atoms with E-state index >= 15 is 0 Å². The summed E-state index contributed by atoms with van der Waals surface area (Å²) in [7, 11) is 0. The molecule has 0 radical (unpaired) electrons. The molecule has 1 N–H and O–H groups in total. The van der Waals surface area contributed by atoms with Gasteiger partial charge in [0.05, 0.1) is 17.5 Å². The summed E-state index contributed by atoms with van der Waals surface area (Å²) in [5.41, 5.74) is 4.77. The van der Waals surface area contributed by atoms with Gasteiger partial charge in [0.2, 0.25) is 0 Å². The molecule has 0 aliphatic heterocycles. The number of nitrogens with zero attached hydrogens (tertiary/aromatic N) is 1. The standard InChI is InChI=1S/C17H16N2O2/c1-10-7-11(2)16-13(8-10)14(9-12(3)18-16)19-17(20)15-5-4-6-21-15/h4-9H,1-3H3,(H,18,19,20). The van der Waals surface area contributed by atoms with Crippen LogP contribution >= 0.6 is 0 Å². The lowest BCUT2D eigenvalue weighted by molar-refractivity contribution is 0.0997. The van der Waals surface area contributed by atoms with Crippen LogP contribution in [0.2, 0.25) is 0 Å². The first-order chi connectivity index (χ1) is 10.0. The predicted octanol–water partition coefficient (Wildman–Crippen LogP) is 4.01. The lowest BCUT2D eigenvalue weighted by Gasteiger charge is -2.11. The molecule has 2 heterocycles. The number of carbonyl (C=O) groups is 1. The van der Waals surface area contributed by atoms with Crippen LogP contribution in [0.5, 0.6) is 0 Å². The van der Waals surface area contributed by atoms with Crippen molar-refractivity contribution >= 4 is 22.5 Å². The molecule has 0 fully saturated rings. The lowest BCUT2D eigenvalue weighted by atomic mass is 10.0. The number of amides is 1. The average molecular weight is 280 g/mol. The van der Waals surface area contributed by atoms with E-state index in [-0.39, 0.29) is 5.91 Å². The highest BCUT2D eigenvalue weighted by molar-refractivity contribution is 6.07. The van der Waals surface area contributed by atoms with E-state index in [9.17, 15) is 4.79 Å². The number of fused-ring (bicyclic) bond motifs is 1. The van der Waals surface area contributed by atoms with Crippen LogP contribution in [0.25, 0.3) is 10.9 Å². The van der Waals surface area contributed by atoms with E-state index in [4.69, 9.17) is 4.42 Å². The van der Waals surface area contributed by atoms with Gasteiger partial charge in [0.25, 0.3) is 5.91 Å². The van der Waals surface area contributed by atoms with Crippen molar-refractivity contribution in [1.82, 2.24) is 4.98 Å². The van der Waals surface area contributed by atoms with Crippen molar-refractivity contribution in [3.8, 4) is 0 Å². The molecule has 4 nitrogen and oxygen atoms in total. The number of aryl methyl sites for hydroxylation is 3. The SMILES string of the molecule is Cc1cc(C)c2nc(C)cc(NC(=O)c3ccco3)c2c1. The minimum Gasteiger partial charge on any atom is -0.459 e. The molecule has 4 heteroatoms. The summed E-state index contributed by atoms with van der Waals surface area (Å²) in [6.45, 7) is 5.98. The number of furan rings is 1. The fourth-order valence-electron chi connectivity index (χ4n) is 2.50. The van der Waals surface area contributed by atoms with Gasteiger partial charge in [-0.3, -0.25) is 9.78 Å². The molecule has 3 aromatic rings. The number of rotatable bonds is 2. The summed E-state index contributed by atoms with van der Waals surface area (Å²) in [5, 5.41) is 3.85. The maximum absolute atomic E-state index is 12.2. The number of anilines is 1. The van der Waals surface area contributed by atoms with Gasteiger partial charge in [-0.15, -0.1) is 0 Å². The van der Waals surface area contributed by atoms with Crippen LogP contribution in [0, 0.1) is 20.8 Å². The van der Waals surface area contributed by atoms with Crippen LogP contribution in [0.3, 0.4) is 0 Å². The van der Waals surface area contributed by atoms with E-state index in [0.717, 1.165) is 33.4 Å². The minimum absolute atomic E-state index is 0.258. The molecule has 0 bridgehead atoms. The van der Waals surface area contributed by atoms with Gasteiger partial charge in [0.1, 0.15) is 0 Å². The van der Waals surface area contributed by atoms with Gasteiger partial charge in [0, 0.05) is 11.1 Å². The first-order valence-corrected chi connectivity index (χ1v) is 6.78. The Morgan fingerprint density at radius 2 is 2.00 bits per heavy atom. The van der Waals surface area contributed by atoms with Gasteiger partial charge in [-0.05, 0) is 50.6 Å². The topological polar surface area (TPSA) is 55.1 Å². The zero-order valence-corrected chi connectivity index (χ0v) is 12.2. The van der Waals surface area contributed by atoms with Crippen LogP contribution < -0.4 is 5.32 Å². The summed E-state index contributed by atoms with van der Waals surface area (Å²) < 4.78 is 5.13. The van der Waals surface area contributed by atoms with E-state index in [1.54, 1.807) is 12.1 Å². The highest BCUT2D eigenvalue weighted by atomic mass is 16.3. The Hall–Kier alpha value is -2.62. The molecule has 3 rings (SSSR count). The third-order valence-corrected chi connectivity index (χ3v) is 3.37. The van der Waals surface area contributed by atoms with Crippen molar-refractivity contribution in [3.05, 3.63) is 59.2 Å². The summed E-state index contributed by atoms with van der Waals surface area (Å²) >= 11 is 0. The van der Waals surface area contributed by atoms with Gasteiger partial charge in [-0.25, -0.2) is 0 Å². The first-order valence-electron chi connectivity index (χ1n) is 6.78. The number of hydrogen-bond donors (Lipinski definition) is 1. The largest absolute Gasteiger partial charge is 0.459 e. The second-order valence-electron chi connectivity index (χ2n) is 5.22. The Kier molecular flexibility index (Phi) is 3.22. The molecule has 106 valence electrons. The van der Waals surface area contributed by atoms with Gasteiger partial charge in [-0.1, -0.05) is 11.6 Å². The monoisotopic (exact) mass is 280 g/mol. The Labute approximate surface area is 122 Å². The second kappa shape index (κ2) is 5.05. The number of nitrogens with one attached hydrogen (secondary N) is 1. The number of carbonyl (C=O) groups excluding carboxylic acids is 1. The number of pyridine rings is 1. The molecule has 0 saturated carbocycles. The van der Waals surface area contributed by atoms with Crippen molar-refractivity contribution in [3.63, 3.8) is 0 Å². The van der Waals surface area contributed by atoms with Crippen LogP contribution in [0.15, 0.2) is 41.0 Å². The summed E-state index contributed by atoms with van der Waals surface area (Å²) in [6, 6.07) is 9.34. The van der Waals surface area contributed by atoms with E-state index in [1.165, 1.54) is 6.26 Å². The fourth-order valence-corrected chi connectivity index (χ4v) is 2.50. The highest BCUT2D eigenvalue weighted by Crippen LogP contribution is 2.27. The summed E-state index contributed by atoms with van der Waals surface area (Å²) in [6.07, 6.45) is 1.49. The fraction of sp³-hybridized carbons (Fsp3) is 0.176. The lowest BCUT2D eigenvalue weighted by Crippen LogP contribution is -2.11. The van der Waals surface area contributed by atoms with Crippen molar-refractivity contribution in [2.24, 2.45) is 0 Å². The zero-order chi connectivity index (χ0) is 15.0. The predicted molar refractivity (Wildman–Crippen MR) is 82.6 cm³/mol. The van der Waals surface area contributed by atoms with Crippen LogP contribution in [-0.4, -0.2) is 10.9 Å². The summed E-state index contributed by atoms with van der Waals surface area (Å²) in [4.78, 5) is 16.7. The Morgan fingerprint density at radius 3 is 2.71 bits per heavy atom. The molecule has 0 aliphatic carbocycles. The maximum atomic E-state index is 12.2. The molecule has 0 unspecified atom stereocenters. The van der Waals surface area contributed by atoms with Crippen molar-refractivity contribution in [1.29, 1.82) is 0 Å². The minimum atomic E-state index is -0.258. The molecular weight excluding hydrogens is 264 g/mol. The van der Waals surface area contributed by atoms with Crippen LogP contribution in [0.1, 0.15) is 27.4 Å². The number of hydrogen-bond acceptors (Lipinski definition) is 3. The molecule has 0 spiro atoms. The van der Waals surface area contributed by atoms with Crippen LogP contribution in [-0.2, 0) is 0 Å². The third kappa shape index (κ3) is 2.52. The molecule has 1 amide bonds. The molecule has 21 heavy (non-hydrogen) atoms. The smallest absolute Gasteiger partial charge is 0.291 e. The van der Waals surface area contributed by atoms with Gasteiger partial charge < -0.3 is 9.73 Å². The van der Waals surface area contributed by atoms with Crippen molar-refractivity contribution < 1.29 is 9.21 Å². The molecule has 2 aromatic heterocycles. The van der Waals surface area contributed by atoms with E-state index in [0.29, 0.717) is 5.76 Å². The van der Waals surface area contributed by atoms with Crippen molar-refractivity contribution in [2.75, 3.05) is 5.32 Å². The average Bonchev–Trinajstić information content (AvgIpc) is 2.94. The molecule has 0 atom stereocenters. The number of benzene rings is 1. The molecule has 0 saturated heterocycles. The normalized spacial score (nSPS) is 10.8. The zero-order valence-electron chi connectivity index (χ0n) is 12.2. The van der Waals surface area contributed by atoms with E-state index in [2.05, 4.69) is 16.4 Å². The van der Waals surface area contributed by atoms with Gasteiger partial charge in [-0.2, -0.15) is 0 Å². The summed E-state index contributed by atoms with van der Waals surface area (Å²) in [5.74, 6) is 0.0352. The van der Waals surface area contributed by atoms with Gasteiger partial charge in [0.15, 0.2) is 5.76 Å². The van der Waals surface area contributed by atoms with E-state index < -0.39 is 0 Å². The number of aromatic nitrogens is 1. The first kappa shape index (κ1) is 13.4. The second-order valence-corrected chi connectivity index (χ2v) is 5.22. The van der Waals surface area contributed by atoms with E-state index in [1.807, 2.05) is 32.9 Å². The highest BCUT2D eigenvalue weighted by Gasteiger charge is 2.13. The Morgan fingerprint density at radius 1 is 1.19 bits per heavy atom. The Balaban J connectivity index is 2.11. The molecule has 1 aromatic carbocycles. The van der Waals surface area contributed by atoms with Crippen molar-refractivity contribution in [2.45, 2.75) is 20.8 Å². The Bertz CT molecular complexity index is 820. The maximum Gasteiger partial charge on any atom is 0.291 e. The molecule has 0 aliphatic rings. The molecular formula is C17H16N2O2. The van der Waals surface area contributed by atoms with Gasteiger partial charge >= 0.3 is 0 Å². The quantitative estimate of drug-likeness (QED) is 0.771. The third-order valence-electron chi connectivity index (χ3n) is 3.37. The van der Waals surface area contributed by atoms with Crippen LogP contribution in [0.4, 0.5) is 5.69 Å².